The molecular formula is C14H11Cl2NO. The van der Waals surface area contributed by atoms with Gasteiger partial charge in [-0.05, 0) is 36.6 Å². The average molecular weight is 280 g/mol. The Balaban J connectivity index is 1.86. The lowest BCUT2D eigenvalue weighted by atomic mass is 9.99. The quantitative estimate of drug-likeness (QED) is 0.769. The van der Waals surface area contributed by atoms with E-state index in [1.807, 2.05) is 30.3 Å². The molecule has 1 aliphatic heterocycles. The zero-order valence-electron chi connectivity index (χ0n) is 9.57. The fraction of sp³-hybridized carbons (Fsp3) is 0.214. The molecule has 1 aliphatic rings. The highest BCUT2D eigenvalue weighted by Crippen LogP contribution is 2.34. The van der Waals surface area contributed by atoms with Crippen molar-refractivity contribution in [2.24, 2.45) is 0 Å². The zero-order valence-corrected chi connectivity index (χ0v) is 11.1. The monoisotopic (exact) mass is 279 g/mol. The molecule has 0 amide bonds. The summed E-state index contributed by atoms with van der Waals surface area (Å²) >= 11 is 11.8. The first kappa shape index (κ1) is 11.8. The van der Waals surface area contributed by atoms with Crippen LogP contribution in [0.15, 0.2) is 36.5 Å². The van der Waals surface area contributed by atoms with Crippen LogP contribution in [0.3, 0.4) is 0 Å². The number of ether oxygens (including phenoxy) is 1. The Morgan fingerprint density at radius 1 is 1.11 bits per heavy atom. The SMILES string of the molecule is Clc1ccc([C@H]2CCc3cc(Cl)cnc3O2)cc1. The van der Waals surface area contributed by atoms with Crippen molar-refractivity contribution >= 4 is 23.2 Å². The predicted molar refractivity (Wildman–Crippen MR) is 72.4 cm³/mol. The normalized spacial score (nSPS) is 18.0. The third-order valence-corrected chi connectivity index (χ3v) is 3.52. The molecule has 0 aliphatic carbocycles. The molecule has 0 unspecified atom stereocenters. The molecule has 0 saturated carbocycles. The molecule has 2 aromatic rings. The van der Waals surface area contributed by atoms with Gasteiger partial charge in [-0.3, -0.25) is 0 Å². The lowest BCUT2D eigenvalue weighted by Gasteiger charge is -2.25. The van der Waals surface area contributed by atoms with Gasteiger partial charge in [0.2, 0.25) is 5.88 Å². The van der Waals surface area contributed by atoms with Crippen LogP contribution in [-0.4, -0.2) is 4.98 Å². The van der Waals surface area contributed by atoms with Crippen LogP contribution in [0.1, 0.15) is 23.7 Å². The second-order valence-electron chi connectivity index (χ2n) is 4.31. The van der Waals surface area contributed by atoms with E-state index in [1.54, 1.807) is 6.20 Å². The van der Waals surface area contributed by atoms with Crippen molar-refractivity contribution in [3.05, 3.63) is 57.7 Å². The number of aryl methyl sites for hydroxylation is 1. The van der Waals surface area contributed by atoms with Gasteiger partial charge in [-0.25, -0.2) is 4.98 Å². The Morgan fingerprint density at radius 3 is 2.67 bits per heavy atom. The van der Waals surface area contributed by atoms with Crippen molar-refractivity contribution in [2.45, 2.75) is 18.9 Å². The molecule has 0 saturated heterocycles. The molecule has 18 heavy (non-hydrogen) atoms. The van der Waals surface area contributed by atoms with Crippen LogP contribution in [-0.2, 0) is 6.42 Å². The van der Waals surface area contributed by atoms with Gasteiger partial charge in [0, 0.05) is 16.8 Å². The minimum Gasteiger partial charge on any atom is -0.469 e. The third-order valence-electron chi connectivity index (χ3n) is 3.06. The summed E-state index contributed by atoms with van der Waals surface area (Å²) in [6.45, 7) is 0. The number of fused-ring (bicyclic) bond motifs is 1. The van der Waals surface area contributed by atoms with E-state index in [4.69, 9.17) is 27.9 Å². The first-order valence-electron chi connectivity index (χ1n) is 5.79. The van der Waals surface area contributed by atoms with Gasteiger partial charge in [-0.1, -0.05) is 35.3 Å². The van der Waals surface area contributed by atoms with E-state index >= 15 is 0 Å². The highest BCUT2D eigenvalue weighted by Gasteiger charge is 2.22. The predicted octanol–water partition coefficient (Wildman–Crippen LogP) is 4.45. The van der Waals surface area contributed by atoms with Crippen LogP contribution in [0.2, 0.25) is 10.0 Å². The lowest BCUT2D eigenvalue weighted by Crippen LogP contribution is -2.16. The van der Waals surface area contributed by atoms with Gasteiger partial charge in [0.15, 0.2) is 0 Å². The maximum atomic E-state index is 5.91. The van der Waals surface area contributed by atoms with Gasteiger partial charge in [0.1, 0.15) is 6.10 Å². The Morgan fingerprint density at radius 2 is 1.89 bits per heavy atom. The molecule has 2 nitrogen and oxygen atoms in total. The first-order valence-corrected chi connectivity index (χ1v) is 6.54. The minimum absolute atomic E-state index is 0.0449. The fourth-order valence-corrected chi connectivity index (χ4v) is 2.45. The van der Waals surface area contributed by atoms with E-state index in [2.05, 4.69) is 4.98 Å². The molecule has 1 aromatic heterocycles. The number of halogens is 2. The zero-order chi connectivity index (χ0) is 12.5. The van der Waals surface area contributed by atoms with Crippen LogP contribution in [0.5, 0.6) is 5.88 Å². The van der Waals surface area contributed by atoms with E-state index in [1.165, 1.54) is 0 Å². The molecular weight excluding hydrogens is 269 g/mol. The van der Waals surface area contributed by atoms with Crippen molar-refractivity contribution < 1.29 is 4.74 Å². The summed E-state index contributed by atoms with van der Waals surface area (Å²) in [5.41, 5.74) is 2.20. The summed E-state index contributed by atoms with van der Waals surface area (Å²) in [7, 11) is 0. The van der Waals surface area contributed by atoms with E-state index in [-0.39, 0.29) is 6.10 Å². The summed E-state index contributed by atoms with van der Waals surface area (Å²) < 4.78 is 5.90. The van der Waals surface area contributed by atoms with Crippen molar-refractivity contribution in [3.63, 3.8) is 0 Å². The maximum Gasteiger partial charge on any atom is 0.217 e. The molecule has 0 spiro atoms. The number of benzene rings is 1. The van der Waals surface area contributed by atoms with Crippen molar-refractivity contribution in [2.75, 3.05) is 0 Å². The number of hydrogen-bond donors (Lipinski definition) is 0. The highest BCUT2D eigenvalue weighted by atomic mass is 35.5. The molecule has 0 radical (unpaired) electrons. The topological polar surface area (TPSA) is 22.1 Å². The molecule has 4 heteroatoms. The Labute approximate surface area is 116 Å². The highest BCUT2D eigenvalue weighted by molar-refractivity contribution is 6.30. The summed E-state index contributed by atoms with van der Waals surface area (Å²) in [6.07, 6.45) is 3.51. The molecule has 0 N–H and O–H groups in total. The second-order valence-corrected chi connectivity index (χ2v) is 5.19. The van der Waals surface area contributed by atoms with Crippen LogP contribution >= 0.6 is 23.2 Å². The van der Waals surface area contributed by atoms with E-state index < -0.39 is 0 Å². The van der Waals surface area contributed by atoms with E-state index in [0.717, 1.165) is 29.0 Å². The third kappa shape index (κ3) is 2.31. The number of pyridine rings is 1. The Hall–Kier alpha value is -1.25. The first-order chi connectivity index (χ1) is 8.72. The van der Waals surface area contributed by atoms with Crippen molar-refractivity contribution in [1.82, 2.24) is 4.98 Å². The average Bonchev–Trinajstić information content (AvgIpc) is 2.39. The smallest absolute Gasteiger partial charge is 0.217 e. The van der Waals surface area contributed by atoms with Crippen LogP contribution in [0.4, 0.5) is 0 Å². The second kappa shape index (κ2) is 4.79. The van der Waals surface area contributed by atoms with Gasteiger partial charge in [-0.15, -0.1) is 0 Å². The largest absolute Gasteiger partial charge is 0.469 e. The van der Waals surface area contributed by atoms with Gasteiger partial charge in [0.25, 0.3) is 0 Å². The number of nitrogens with zero attached hydrogens (tertiary/aromatic N) is 1. The maximum absolute atomic E-state index is 5.91. The molecule has 1 aromatic carbocycles. The Kier molecular flexibility index (Phi) is 3.14. The molecule has 92 valence electrons. The van der Waals surface area contributed by atoms with Crippen molar-refractivity contribution in [3.8, 4) is 5.88 Å². The van der Waals surface area contributed by atoms with Gasteiger partial charge in [0.05, 0.1) is 5.02 Å². The molecule has 0 fully saturated rings. The molecule has 0 bridgehead atoms. The van der Waals surface area contributed by atoms with Crippen LogP contribution < -0.4 is 4.74 Å². The standard InChI is InChI=1S/C14H11Cl2NO/c15-11-4-1-9(2-5-11)13-6-3-10-7-12(16)8-17-14(10)18-13/h1-2,4-5,7-8,13H,3,6H2/t13-/m1/s1. The van der Waals surface area contributed by atoms with Crippen molar-refractivity contribution in [1.29, 1.82) is 0 Å². The Bertz CT molecular complexity index is 569. The molecule has 2 heterocycles. The van der Waals surface area contributed by atoms with Crippen LogP contribution in [0, 0.1) is 0 Å². The van der Waals surface area contributed by atoms with Crippen LogP contribution in [0.25, 0.3) is 0 Å². The lowest BCUT2D eigenvalue weighted by molar-refractivity contribution is 0.168. The summed E-state index contributed by atoms with van der Waals surface area (Å²) in [6, 6.07) is 9.67. The van der Waals surface area contributed by atoms with Gasteiger partial charge in [-0.2, -0.15) is 0 Å². The van der Waals surface area contributed by atoms with Gasteiger partial charge < -0.3 is 4.74 Å². The van der Waals surface area contributed by atoms with E-state index in [0.29, 0.717) is 10.9 Å². The minimum atomic E-state index is 0.0449. The number of hydrogen-bond acceptors (Lipinski definition) is 2. The van der Waals surface area contributed by atoms with E-state index in [9.17, 15) is 0 Å². The fourth-order valence-electron chi connectivity index (χ4n) is 2.15. The summed E-state index contributed by atoms with van der Waals surface area (Å²) in [5, 5.41) is 1.39. The molecule has 3 rings (SSSR count). The number of rotatable bonds is 1. The number of aromatic nitrogens is 1. The summed E-state index contributed by atoms with van der Waals surface area (Å²) in [4.78, 5) is 4.23. The van der Waals surface area contributed by atoms with Gasteiger partial charge >= 0.3 is 0 Å². The molecule has 1 atom stereocenters. The summed E-state index contributed by atoms with van der Waals surface area (Å²) in [5.74, 6) is 0.686.